The summed E-state index contributed by atoms with van der Waals surface area (Å²) in [5, 5.41) is 21.7. The van der Waals surface area contributed by atoms with E-state index in [1.165, 1.54) is 6.92 Å². The summed E-state index contributed by atoms with van der Waals surface area (Å²) in [6.45, 7) is 1.51. The fraction of sp³-hybridized carbons (Fsp3) is 0.333. The molecule has 1 rings (SSSR count). The first kappa shape index (κ1) is 13.2. The largest absolute Gasteiger partial charge is 0.477 e. The highest BCUT2D eigenvalue weighted by Crippen LogP contribution is 2.15. The van der Waals surface area contributed by atoms with Gasteiger partial charge in [0.2, 0.25) is 0 Å². The van der Waals surface area contributed by atoms with E-state index < -0.39 is 12.1 Å². The van der Waals surface area contributed by atoms with Crippen LogP contribution in [0.4, 0.5) is 0 Å². The van der Waals surface area contributed by atoms with Crippen molar-refractivity contribution < 1.29 is 19.8 Å². The molecule has 17 heavy (non-hydrogen) atoms. The number of rotatable bonds is 6. The number of aliphatic carboxylic acids is 1. The van der Waals surface area contributed by atoms with E-state index in [0.717, 1.165) is 5.56 Å². The van der Waals surface area contributed by atoms with Crippen LogP contribution in [-0.4, -0.2) is 28.5 Å². The number of benzene rings is 1. The Morgan fingerprint density at radius 2 is 2.06 bits per heavy atom. The Morgan fingerprint density at radius 1 is 1.41 bits per heavy atom. The minimum atomic E-state index is -1.12. The normalized spacial score (nSPS) is 13.2. The van der Waals surface area contributed by atoms with E-state index in [9.17, 15) is 9.90 Å². The van der Waals surface area contributed by atoms with Gasteiger partial charge in [-0.05, 0) is 12.5 Å². The van der Waals surface area contributed by atoms with E-state index >= 15 is 0 Å². The molecule has 1 aromatic rings. The molecule has 5 heteroatoms. The van der Waals surface area contributed by atoms with Gasteiger partial charge in [0.1, 0.15) is 6.61 Å². The maximum Gasteiger partial charge on any atom is 0.353 e. The van der Waals surface area contributed by atoms with Gasteiger partial charge in [0.15, 0.2) is 5.71 Å². The van der Waals surface area contributed by atoms with Crippen molar-refractivity contribution in [2.75, 3.05) is 6.61 Å². The molecule has 0 aliphatic heterocycles. The summed E-state index contributed by atoms with van der Waals surface area (Å²) in [7, 11) is 0. The molecule has 0 fully saturated rings. The van der Waals surface area contributed by atoms with Gasteiger partial charge in [-0.25, -0.2) is 4.79 Å². The highest BCUT2D eigenvalue weighted by atomic mass is 16.6. The van der Waals surface area contributed by atoms with Gasteiger partial charge in [-0.3, -0.25) is 0 Å². The second-order valence-electron chi connectivity index (χ2n) is 3.53. The molecule has 2 N–H and O–H groups in total. The molecular formula is C12H15NO4. The molecule has 0 spiro atoms. The van der Waals surface area contributed by atoms with Crippen LogP contribution in [0.2, 0.25) is 0 Å². The first-order valence-electron chi connectivity index (χ1n) is 5.24. The average Bonchev–Trinajstić information content (AvgIpc) is 2.35. The first-order chi connectivity index (χ1) is 8.11. The van der Waals surface area contributed by atoms with Crippen LogP contribution >= 0.6 is 0 Å². The number of aliphatic hydroxyl groups excluding tert-OH is 1. The second kappa shape index (κ2) is 6.65. The van der Waals surface area contributed by atoms with Gasteiger partial charge in [0, 0.05) is 6.42 Å². The molecule has 0 bridgehead atoms. The van der Waals surface area contributed by atoms with E-state index in [1.807, 2.05) is 30.3 Å². The lowest BCUT2D eigenvalue weighted by Crippen LogP contribution is -2.09. The molecule has 0 aliphatic rings. The summed E-state index contributed by atoms with van der Waals surface area (Å²) in [5.41, 5.74) is 0.689. The molecule has 1 aromatic carbocycles. The van der Waals surface area contributed by atoms with Gasteiger partial charge in [-0.2, -0.15) is 0 Å². The first-order valence-corrected chi connectivity index (χ1v) is 5.24. The molecule has 1 unspecified atom stereocenters. The zero-order chi connectivity index (χ0) is 12.7. The maximum absolute atomic E-state index is 10.4. The quantitative estimate of drug-likeness (QED) is 0.447. The number of oxime groups is 1. The third kappa shape index (κ3) is 4.65. The smallest absolute Gasteiger partial charge is 0.353 e. The molecule has 0 amide bonds. The molecule has 1 atom stereocenters. The molecule has 92 valence electrons. The molecule has 0 saturated carbocycles. The van der Waals surface area contributed by atoms with E-state index in [0.29, 0.717) is 6.42 Å². The zero-order valence-corrected chi connectivity index (χ0v) is 9.54. The standard InChI is InChI=1S/C12H15NO4/c1-9(12(15)16)13-17-8-7-11(14)10-5-3-2-4-6-10/h2-6,11,14H,7-8H2,1H3,(H,15,16). The van der Waals surface area contributed by atoms with E-state index in [2.05, 4.69) is 5.16 Å². The molecule has 0 heterocycles. The number of carboxylic acids is 1. The Hall–Kier alpha value is -1.88. The number of hydrogen-bond acceptors (Lipinski definition) is 4. The van der Waals surface area contributed by atoms with Crippen LogP contribution in [0.5, 0.6) is 0 Å². The lowest BCUT2D eigenvalue weighted by atomic mass is 10.1. The van der Waals surface area contributed by atoms with Gasteiger partial charge in [-0.1, -0.05) is 35.5 Å². The fourth-order valence-corrected chi connectivity index (χ4v) is 1.19. The SMILES string of the molecule is CC(=NOCCC(O)c1ccccc1)C(=O)O. The predicted molar refractivity (Wildman–Crippen MR) is 62.7 cm³/mol. The summed E-state index contributed by atoms with van der Waals surface area (Å²) in [6.07, 6.45) is -0.267. The average molecular weight is 237 g/mol. The molecule has 0 radical (unpaired) electrons. The van der Waals surface area contributed by atoms with Crippen molar-refractivity contribution in [1.29, 1.82) is 0 Å². The number of hydrogen-bond donors (Lipinski definition) is 2. The van der Waals surface area contributed by atoms with Crippen molar-refractivity contribution in [2.45, 2.75) is 19.4 Å². The molecule has 0 saturated heterocycles. The fourth-order valence-electron chi connectivity index (χ4n) is 1.19. The van der Waals surface area contributed by atoms with Crippen LogP contribution in [-0.2, 0) is 9.63 Å². The maximum atomic E-state index is 10.4. The van der Waals surface area contributed by atoms with E-state index in [4.69, 9.17) is 9.94 Å². The van der Waals surface area contributed by atoms with Gasteiger partial charge in [0.05, 0.1) is 6.10 Å². The van der Waals surface area contributed by atoms with Crippen molar-refractivity contribution in [1.82, 2.24) is 0 Å². The van der Waals surface area contributed by atoms with Crippen LogP contribution in [0.15, 0.2) is 35.5 Å². The van der Waals surface area contributed by atoms with Gasteiger partial charge >= 0.3 is 5.97 Å². The van der Waals surface area contributed by atoms with Gasteiger partial charge < -0.3 is 15.1 Å². The van der Waals surface area contributed by atoms with Gasteiger partial charge in [0.25, 0.3) is 0 Å². The second-order valence-corrected chi connectivity index (χ2v) is 3.53. The number of carbonyl (C=O) groups is 1. The molecule has 0 aliphatic carbocycles. The number of nitrogens with zero attached hydrogens (tertiary/aromatic N) is 1. The molecule has 5 nitrogen and oxygen atoms in total. The van der Waals surface area contributed by atoms with Crippen LogP contribution in [0, 0.1) is 0 Å². The van der Waals surface area contributed by atoms with Crippen LogP contribution in [0.3, 0.4) is 0 Å². The van der Waals surface area contributed by atoms with Crippen molar-refractivity contribution in [2.24, 2.45) is 5.16 Å². The summed E-state index contributed by atoms with van der Waals surface area (Å²) in [6, 6.07) is 9.18. The van der Waals surface area contributed by atoms with E-state index in [-0.39, 0.29) is 12.3 Å². The Labute approximate surface area is 99.3 Å². The highest BCUT2D eigenvalue weighted by molar-refractivity contribution is 6.34. The Morgan fingerprint density at radius 3 is 2.65 bits per heavy atom. The molecule has 0 aromatic heterocycles. The Bertz CT molecular complexity index is 389. The minimum Gasteiger partial charge on any atom is -0.477 e. The molecular weight excluding hydrogens is 222 g/mol. The monoisotopic (exact) mass is 237 g/mol. The number of aliphatic hydroxyl groups is 1. The van der Waals surface area contributed by atoms with Crippen LogP contribution in [0.1, 0.15) is 25.0 Å². The van der Waals surface area contributed by atoms with Crippen molar-refractivity contribution >= 4 is 11.7 Å². The van der Waals surface area contributed by atoms with Gasteiger partial charge in [-0.15, -0.1) is 0 Å². The lowest BCUT2D eigenvalue weighted by Gasteiger charge is -2.09. The van der Waals surface area contributed by atoms with Crippen molar-refractivity contribution in [3.63, 3.8) is 0 Å². The highest BCUT2D eigenvalue weighted by Gasteiger charge is 2.07. The minimum absolute atomic E-state index is 0.112. The van der Waals surface area contributed by atoms with E-state index in [1.54, 1.807) is 0 Å². The van der Waals surface area contributed by atoms with Crippen molar-refractivity contribution in [3.05, 3.63) is 35.9 Å². The Kier molecular flexibility index (Phi) is 5.16. The third-order valence-corrected chi connectivity index (χ3v) is 2.18. The third-order valence-electron chi connectivity index (χ3n) is 2.18. The van der Waals surface area contributed by atoms with Crippen molar-refractivity contribution in [3.8, 4) is 0 Å². The van der Waals surface area contributed by atoms with Crippen LogP contribution < -0.4 is 0 Å². The summed E-state index contributed by atoms with van der Waals surface area (Å²) in [4.78, 5) is 15.2. The van der Waals surface area contributed by atoms with Crippen LogP contribution in [0.25, 0.3) is 0 Å². The number of carboxylic acid groups (broad SMARTS) is 1. The summed E-state index contributed by atoms with van der Waals surface area (Å²) in [5.74, 6) is -1.12. The summed E-state index contributed by atoms with van der Waals surface area (Å²) >= 11 is 0. The summed E-state index contributed by atoms with van der Waals surface area (Å²) < 4.78 is 0. The topological polar surface area (TPSA) is 79.1 Å². The zero-order valence-electron chi connectivity index (χ0n) is 9.54. The predicted octanol–water partition coefficient (Wildman–Crippen LogP) is 1.59. The lowest BCUT2D eigenvalue weighted by molar-refractivity contribution is -0.129. The Balaban J connectivity index is 2.33.